The SMILES string of the molecule is COc1ccc(N=Nc2c(C(=O)O)nc3cccc(C)n23)cc1. The van der Waals surface area contributed by atoms with Crippen molar-refractivity contribution >= 4 is 23.1 Å². The van der Waals surface area contributed by atoms with Crippen molar-refractivity contribution in [1.29, 1.82) is 0 Å². The average Bonchev–Trinajstić information content (AvgIpc) is 2.94. The van der Waals surface area contributed by atoms with Gasteiger partial charge in [0.1, 0.15) is 11.4 Å². The monoisotopic (exact) mass is 310 g/mol. The van der Waals surface area contributed by atoms with E-state index in [2.05, 4.69) is 15.2 Å². The highest BCUT2D eigenvalue weighted by Gasteiger charge is 2.19. The van der Waals surface area contributed by atoms with E-state index in [9.17, 15) is 9.90 Å². The van der Waals surface area contributed by atoms with Crippen LogP contribution in [0.25, 0.3) is 5.65 Å². The van der Waals surface area contributed by atoms with Crippen LogP contribution in [0.1, 0.15) is 16.2 Å². The van der Waals surface area contributed by atoms with Crippen molar-refractivity contribution in [2.75, 3.05) is 7.11 Å². The Morgan fingerprint density at radius 3 is 2.57 bits per heavy atom. The molecule has 3 rings (SSSR count). The number of aromatic nitrogens is 2. The topological polar surface area (TPSA) is 88.5 Å². The zero-order valence-electron chi connectivity index (χ0n) is 12.6. The fourth-order valence-corrected chi connectivity index (χ4v) is 2.23. The Bertz CT molecular complexity index is 898. The molecule has 7 nitrogen and oxygen atoms in total. The summed E-state index contributed by atoms with van der Waals surface area (Å²) in [6.45, 7) is 1.85. The number of nitrogens with zero attached hydrogens (tertiary/aromatic N) is 4. The summed E-state index contributed by atoms with van der Waals surface area (Å²) in [4.78, 5) is 15.5. The van der Waals surface area contributed by atoms with Crippen molar-refractivity contribution < 1.29 is 14.6 Å². The number of aromatic carboxylic acids is 1. The second-order valence-corrected chi connectivity index (χ2v) is 4.85. The lowest BCUT2D eigenvalue weighted by molar-refractivity contribution is 0.0692. The van der Waals surface area contributed by atoms with Gasteiger partial charge in [-0.1, -0.05) is 6.07 Å². The number of azo groups is 1. The molecular formula is C16H14N4O3. The lowest BCUT2D eigenvalue weighted by Gasteiger charge is -2.01. The molecule has 0 saturated heterocycles. The van der Waals surface area contributed by atoms with Crippen LogP contribution in [0, 0.1) is 6.92 Å². The fourth-order valence-electron chi connectivity index (χ4n) is 2.23. The Balaban J connectivity index is 2.08. The van der Waals surface area contributed by atoms with E-state index in [1.54, 1.807) is 41.8 Å². The summed E-state index contributed by atoms with van der Waals surface area (Å²) in [5.41, 5.74) is 1.81. The number of carboxylic acid groups (broad SMARTS) is 1. The van der Waals surface area contributed by atoms with E-state index in [-0.39, 0.29) is 11.5 Å². The van der Waals surface area contributed by atoms with Gasteiger partial charge < -0.3 is 9.84 Å². The predicted molar refractivity (Wildman–Crippen MR) is 84.1 cm³/mol. The van der Waals surface area contributed by atoms with E-state index < -0.39 is 5.97 Å². The minimum Gasteiger partial charge on any atom is -0.497 e. The molecule has 0 aliphatic carbocycles. The summed E-state index contributed by atoms with van der Waals surface area (Å²) in [5.74, 6) is -0.237. The summed E-state index contributed by atoms with van der Waals surface area (Å²) in [5, 5.41) is 17.5. The minimum atomic E-state index is -1.14. The summed E-state index contributed by atoms with van der Waals surface area (Å²) in [7, 11) is 1.58. The zero-order chi connectivity index (χ0) is 16.4. The molecule has 23 heavy (non-hydrogen) atoms. The third-order valence-corrected chi connectivity index (χ3v) is 3.35. The van der Waals surface area contributed by atoms with Gasteiger partial charge in [0.05, 0.1) is 12.8 Å². The number of carboxylic acids is 1. The Labute approximate surface area is 131 Å². The van der Waals surface area contributed by atoms with Gasteiger partial charge in [-0.15, -0.1) is 10.2 Å². The third kappa shape index (κ3) is 2.76. The lowest BCUT2D eigenvalue weighted by Crippen LogP contribution is -1.97. The van der Waals surface area contributed by atoms with Crippen molar-refractivity contribution in [2.45, 2.75) is 6.92 Å². The number of fused-ring (bicyclic) bond motifs is 1. The van der Waals surface area contributed by atoms with Crippen LogP contribution in [0.2, 0.25) is 0 Å². The average molecular weight is 310 g/mol. The first-order chi connectivity index (χ1) is 11.1. The highest BCUT2D eigenvalue weighted by molar-refractivity contribution is 5.91. The van der Waals surface area contributed by atoms with Gasteiger partial charge in [0.25, 0.3) is 0 Å². The summed E-state index contributed by atoms with van der Waals surface area (Å²) >= 11 is 0. The van der Waals surface area contributed by atoms with Crippen molar-refractivity contribution in [1.82, 2.24) is 9.38 Å². The van der Waals surface area contributed by atoms with Crippen LogP contribution in [0.15, 0.2) is 52.7 Å². The van der Waals surface area contributed by atoms with Crippen LogP contribution in [-0.2, 0) is 0 Å². The van der Waals surface area contributed by atoms with Gasteiger partial charge in [0.15, 0.2) is 11.5 Å². The quantitative estimate of drug-likeness (QED) is 0.743. The number of rotatable bonds is 4. The van der Waals surface area contributed by atoms with Gasteiger partial charge >= 0.3 is 5.97 Å². The highest BCUT2D eigenvalue weighted by Crippen LogP contribution is 2.26. The largest absolute Gasteiger partial charge is 0.497 e. The van der Waals surface area contributed by atoms with Crippen LogP contribution in [-0.4, -0.2) is 27.6 Å². The Morgan fingerprint density at radius 2 is 1.91 bits per heavy atom. The van der Waals surface area contributed by atoms with E-state index in [0.717, 1.165) is 5.69 Å². The zero-order valence-corrected chi connectivity index (χ0v) is 12.6. The first-order valence-corrected chi connectivity index (χ1v) is 6.87. The van der Waals surface area contributed by atoms with E-state index in [1.807, 2.05) is 19.1 Å². The molecule has 0 radical (unpaired) electrons. The maximum Gasteiger partial charge on any atom is 0.358 e. The molecule has 0 fully saturated rings. The molecule has 0 amide bonds. The predicted octanol–water partition coefficient (Wildman–Crippen LogP) is 3.76. The Morgan fingerprint density at radius 1 is 1.17 bits per heavy atom. The summed E-state index contributed by atoms with van der Waals surface area (Å²) in [6.07, 6.45) is 0. The van der Waals surface area contributed by atoms with E-state index >= 15 is 0 Å². The minimum absolute atomic E-state index is 0.128. The maximum atomic E-state index is 11.4. The van der Waals surface area contributed by atoms with Crippen LogP contribution in [0.4, 0.5) is 11.5 Å². The highest BCUT2D eigenvalue weighted by atomic mass is 16.5. The smallest absolute Gasteiger partial charge is 0.358 e. The molecule has 0 bridgehead atoms. The number of imidazole rings is 1. The van der Waals surface area contributed by atoms with Gasteiger partial charge in [-0.3, -0.25) is 4.40 Å². The van der Waals surface area contributed by atoms with Crippen LogP contribution < -0.4 is 4.74 Å². The Kier molecular flexibility index (Phi) is 3.76. The van der Waals surface area contributed by atoms with Crippen LogP contribution in [0.3, 0.4) is 0 Å². The molecule has 116 valence electrons. The molecule has 0 unspecified atom stereocenters. The molecule has 1 N–H and O–H groups in total. The van der Waals surface area contributed by atoms with Gasteiger partial charge in [0.2, 0.25) is 0 Å². The van der Waals surface area contributed by atoms with E-state index in [4.69, 9.17) is 4.74 Å². The van der Waals surface area contributed by atoms with E-state index in [0.29, 0.717) is 17.1 Å². The number of hydrogen-bond donors (Lipinski definition) is 1. The van der Waals surface area contributed by atoms with Gasteiger partial charge in [-0.25, -0.2) is 9.78 Å². The van der Waals surface area contributed by atoms with Crippen LogP contribution >= 0.6 is 0 Å². The number of benzene rings is 1. The molecular weight excluding hydrogens is 296 g/mol. The molecule has 0 saturated carbocycles. The first kappa shape index (κ1) is 14.7. The first-order valence-electron chi connectivity index (χ1n) is 6.87. The normalized spacial score (nSPS) is 11.2. The van der Waals surface area contributed by atoms with Crippen LogP contribution in [0.5, 0.6) is 5.75 Å². The fraction of sp³-hybridized carbons (Fsp3) is 0.125. The molecule has 0 aliphatic rings. The standard InChI is InChI=1S/C16H14N4O3/c1-10-4-3-5-13-17-14(16(21)22)15(20(10)13)19-18-11-6-8-12(23-2)9-7-11/h3-9H,1-2H3,(H,21,22). The number of carbonyl (C=O) groups is 1. The second kappa shape index (κ2) is 5.88. The number of ether oxygens (including phenoxy) is 1. The number of aryl methyl sites for hydroxylation is 1. The molecule has 2 aromatic heterocycles. The maximum absolute atomic E-state index is 11.4. The molecule has 3 aromatic rings. The second-order valence-electron chi connectivity index (χ2n) is 4.85. The molecule has 0 aliphatic heterocycles. The number of pyridine rings is 1. The van der Waals surface area contributed by atoms with E-state index in [1.165, 1.54) is 0 Å². The van der Waals surface area contributed by atoms with Gasteiger partial charge in [-0.05, 0) is 43.3 Å². The van der Waals surface area contributed by atoms with Crippen molar-refractivity contribution in [3.8, 4) is 5.75 Å². The van der Waals surface area contributed by atoms with Gasteiger partial charge in [0, 0.05) is 5.69 Å². The molecule has 1 aromatic carbocycles. The summed E-state index contributed by atoms with van der Waals surface area (Å²) < 4.78 is 6.74. The number of methoxy groups -OCH3 is 1. The number of hydrogen-bond acceptors (Lipinski definition) is 5. The summed E-state index contributed by atoms with van der Waals surface area (Å²) in [6, 6.07) is 12.4. The van der Waals surface area contributed by atoms with Crippen molar-refractivity contribution in [3.63, 3.8) is 0 Å². The van der Waals surface area contributed by atoms with Crippen molar-refractivity contribution in [3.05, 3.63) is 53.9 Å². The Hall–Kier alpha value is -3.22. The molecule has 2 heterocycles. The molecule has 7 heteroatoms. The molecule has 0 spiro atoms. The molecule has 0 atom stereocenters. The third-order valence-electron chi connectivity index (χ3n) is 3.35. The lowest BCUT2D eigenvalue weighted by atomic mass is 10.3. The van der Waals surface area contributed by atoms with Gasteiger partial charge in [-0.2, -0.15) is 0 Å². The van der Waals surface area contributed by atoms with Crippen molar-refractivity contribution in [2.24, 2.45) is 10.2 Å².